The zero-order chi connectivity index (χ0) is 21.8. The summed E-state index contributed by atoms with van der Waals surface area (Å²) in [5, 5.41) is 11.3. The van der Waals surface area contributed by atoms with Gasteiger partial charge in [-0.3, -0.25) is 0 Å². The van der Waals surface area contributed by atoms with E-state index >= 15 is 0 Å². The first-order valence-corrected chi connectivity index (χ1v) is 11.0. The Kier molecular flexibility index (Phi) is 6.47. The van der Waals surface area contributed by atoms with Gasteiger partial charge in [-0.2, -0.15) is 0 Å². The zero-order valence-corrected chi connectivity index (χ0v) is 18.1. The number of likely N-dealkylation sites (tertiary alicyclic amines) is 1. The first kappa shape index (κ1) is 21.2. The van der Waals surface area contributed by atoms with Crippen molar-refractivity contribution >= 4 is 16.9 Å². The van der Waals surface area contributed by atoms with Crippen LogP contribution in [0.2, 0.25) is 0 Å². The van der Waals surface area contributed by atoms with Crippen LogP contribution < -0.4 is 9.64 Å². The van der Waals surface area contributed by atoms with Crippen LogP contribution in [0.25, 0.3) is 11.0 Å². The molecule has 164 valence electrons. The number of benzene rings is 2. The number of carbonyl (C=O) groups is 1. The number of esters is 1. The van der Waals surface area contributed by atoms with Crippen molar-refractivity contribution in [1.29, 1.82) is 0 Å². The Morgan fingerprint density at radius 1 is 1.19 bits per heavy atom. The van der Waals surface area contributed by atoms with Gasteiger partial charge in [0.25, 0.3) is 0 Å². The van der Waals surface area contributed by atoms with Gasteiger partial charge in [0.05, 0.1) is 18.7 Å². The second-order valence-electron chi connectivity index (χ2n) is 8.40. The Bertz CT molecular complexity index is 1040. The molecule has 1 saturated heterocycles. The largest absolute Gasteiger partial charge is 0.507 e. The number of aromatic hydroxyl groups is 1. The number of hydrogen-bond donors (Lipinski definition) is 2. The molecule has 31 heavy (non-hydrogen) atoms. The van der Waals surface area contributed by atoms with Crippen LogP contribution in [0.4, 0.5) is 0 Å². The predicted molar refractivity (Wildman–Crippen MR) is 118 cm³/mol. The molecular weight excluding hydrogens is 394 g/mol. The van der Waals surface area contributed by atoms with E-state index in [4.69, 9.17) is 13.9 Å². The van der Waals surface area contributed by atoms with Crippen molar-refractivity contribution in [2.24, 2.45) is 5.92 Å². The monoisotopic (exact) mass is 424 g/mol. The number of ether oxygens (including phenoxy) is 2. The average Bonchev–Trinajstić information content (AvgIpc) is 3.10. The van der Waals surface area contributed by atoms with Gasteiger partial charge >= 0.3 is 5.97 Å². The first-order chi connectivity index (χ1) is 15.0. The highest BCUT2D eigenvalue weighted by Gasteiger charge is 2.27. The molecule has 1 aromatic heterocycles. The topological polar surface area (TPSA) is 73.3 Å². The summed E-state index contributed by atoms with van der Waals surface area (Å²) in [6, 6.07) is 12.8. The lowest BCUT2D eigenvalue weighted by Crippen LogP contribution is -3.12. The van der Waals surface area contributed by atoms with Crippen LogP contribution in [0.1, 0.15) is 41.4 Å². The smallest absolute Gasteiger partial charge is 0.342 e. The number of hydrogen-bond acceptors (Lipinski definition) is 5. The van der Waals surface area contributed by atoms with Gasteiger partial charge in [-0.15, -0.1) is 0 Å². The molecule has 0 spiro atoms. The normalized spacial score (nSPS) is 18.8. The third-order valence-corrected chi connectivity index (χ3v) is 5.94. The number of furan rings is 1. The van der Waals surface area contributed by atoms with E-state index in [-0.39, 0.29) is 19.0 Å². The Morgan fingerprint density at radius 3 is 2.77 bits per heavy atom. The third kappa shape index (κ3) is 4.85. The van der Waals surface area contributed by atoms with Gasteiger partial charge in [-0.1, -0.05) is 25.1 Å². The Morgan fingerprint density at radius 2 is 2.00 bits per heavy atom. The molecule has 2 atom stereocenters. The Balaban J connectivity index is 1.52. The molecule has 1 aliphatic rings. The van der Waals surface area contributed by atoms with E-state index in [1.165, 1.54) is 17.7 Å². The lowest BCUT2D eigenvalue weighted by atomic mass is 9.98. The minimum Gasteiger partial charge on any atom is -0.507 e. The van der Waals surface area contributed by atoms with Crippen molar-refractivity contribution in [3.8, 4) is 11.5 Å². The van der Waals surface area contributed by atoms with Crippen molar-refractivity contribution in [2.45, 2.75) is 33.2 Å². The molecule has 2 aromatic carbocycles. The third-order valence-electron chi connectivity index (χ3n) is 5.94. The van der Waals surface area contributed by atoms with Gasteiger partial charge in [0.1, 0.15) is 48.2 Å². The van der Waals surface area contributed by atoms with Gasteiger partial charge in [0.2, 0.25) is 0 Å². The number of carbonyl (C=O) groups excluding carboxylic acids is 1. The molecule has 1 unspecified atom stereocenters. The maximum atomic E-state index is 12.9. The van der Waals surface area contributed by atoms with Crippen LogP contribution in [0.5, 0.6) is 11.5 Å². The summed E-state index contributed by atoms with van der Waals surface area (Å²) in [6.45, 7) is 7.19. The van der Waals surface area contributed by atoms with Gasteiger partial charge in [0.15, 0.2) is 0 Å². The van der Waals surface area contributed by atoms with E-state index in [2.05, 4.69) is 6.92 Å². The second-order valence-corrected chi connectivity index (χ2v) is 8.40. The van der Waals surface area contributed by atoms with E-state index in [9.17, 15) is 9.90 Å². The summed E-state index contributed by atoms with van der Waals surface area (Å²) in [4.78, 5) is 14.3. The predicted octanol–water partition coefficient (Wildman–Crippen LogP) is 3.50. The van der Waals surface area contributed by atoms with Gasteiger partial charge < -0.3 is 23.9 Å². The summed E-state index contributed by atoms with van der Waals surface area (Å²) in [7, 11) is 0. The summed E-state index contributed by atoms with van der Waals surface area (Å²) in [5.74, 6) is 1.62. The average molecular weight is 425 g/mol. The SMILES string of the molecule is Cc1oc2ccc(O)c(C[NH+]3CCC[C@H](C)C3)c2c1C(=O)OCCOc1ccccc1. The highest BCUT2D eigenvalue weighted by molar-refractivity contribution is 6.06. The standard InChI is InChI=1S/C25H29NO5/c1-17-7-6-12-26(15-17)16-20-21(27)10-11-22-24(20)23(18(2)31-22)25(28)30-14-13-29-19-8-4-3-5-9-19/h3-5,8-11,17,27H,6-7,12-16H2,1-2H3/p+1/t17-/m0/s1. The van der Waals surface area contributed by atoms with Crippen LogP contribution in [0, 0.1) is 12.8 Å². The van der Waals surface area contributed by atoms with E-state index in [0.717, 1.165) is 24.4 Å². The lowest BCUT2D eigenvalue weighted by molar-refractivity contribution is -0.922. The second kappa shape index (κ2) is 9.43. The molecule has 0 amide bonds. The molecule has 4 rings (SSSR count). The van der Waals surface area contributed by atoms with Crippen LogP contribution in [0.3, 0.4) is 0 Å². The van der Waals surface area contributed by atoms with Crippen LogP contribution in [-0.2, 0) is 11.3 Å². The fourth-order valence-electron chi connectivity index (χ4n) is 4.48. The minimum absolute atomic E-state index is 0.128. The molecule has 3 aromatic rings. The molecule has 0 aliphatic carbocycles. The molecule has 2 N–H and O–H groups in total. The number of piperidine rings is 1. The number of phenolic OH excluding ortho intramolecular Hbond substituents is 1. The van der Waals surface area contributed by atoms with Crippen LogP contribution >= 0.6 is 0 Å². The fraction of sp³-hybridized carbons (Fsp3) is 0.400. The molecule has 1 aliphatic heterocycles. The Labute approximate surface area is 182 Å². The van der Waals surface area contributed by atoms with Crippen molar-refractivity contribution < 1.29 is 28.7 Å². The van der Waals surface area contributed by atoms with Crippen molar-refractivity contribution in [1.82, 2.24) is 0 Å². The van der Waals surface area contributed by atoms with Crippen LogP contribution in [0.15, 0.2) is 46.9 Å². The van der Waals surface area contributed by atoms with Crippen molar-refractivity contribution in [3.05, 3.63) is 59.4 Å². The maximum Gasteiger partial charge on any atom is 0.342 e. The van der Waals surface area contributed by atoms with E-state index < -0.39 is 5.97 Å². The molecule has 1 fully saturated rings. The number of quaternary nitrogens is 1. The number of para-hydroxylation sites is 1. The first-order valence-electron chi connectivity index (χ1n) is 11.0. The van der Waals surface area contributed by atoms with E-state index in [1.807, 2.05) is 30.3 Å². The van der Waals surface area contributed by atoms with E-state index in [1.54, 1.807) is 19.1 Å². The number of aryl methyl sites for hydroxylation is 1. The van der Waals surface area contributed by atoms with Gasteiger partial charge in [-0.25, -0.2) is 4.79 Å². The summed E-state index contributed by atoms with van der Waals surface area (Å²) in [6.07, 6.45) is 2.42. The molecule has 0 radical (unpaired) electrons. The highest BCUT2D eigenvalue weighted by Crippen LogP contribution is 2.34. The number of fused-ring (bicyclic) bond motifs is 1. The zero-order valence-electron chi connectivity index (χ0n) is 18.1. The minimum atomic E-state index is -0.457. The quantitative estimate of drug-likeness (QED) is 0.449. The van der Waals surface area contributed by atoms with Crippen molar-refractivity contribution in [3.63, 3.8) is 0 Å². The van der Waals surface area contributed by atoms with Gasteiger partial charge in [-0.05, 0) is 44.0 Å². The molecular formula is C25H30NO5+. The number of nitrogens with one attached hydrogen (secondary N) is 1. The number of phenols is 1. The summed E-state index contributed by atoms with van der Waals surface area (Å²) in [5.41, 5.74) is 1.75. The highest BCUT2D eigenvalue weighted by atomic mass is 16.6. The molecule has 2 heterocycles. The van der Waals surface area contributed by atoms with Crippen LogP contribution in [-0.4, -0.2) is 37.4 Å². The van der Waals surface area contributed by atoms with E-state index in [0.29, 0.717) is 34.8 Å². The Hall–Kier alpha value is -2.99. The molecule has 0 bridgehead atoms. The van der Waals surface area contributed by atoms with Gasteiger partial charge in [0, 0.05) is 11.3 Å². The lowest BCUT2D eigenvalue weighted by Gasteiger charge is -2.28. The maximum absolute atomic E-state index is 12.9. The summed E-state index contributed by atoms with van der Waals surface area (Å²) >= 11 is 0. The van der Waals surface area contributed by atoms with Crippen molar-refractivity contribution in [2.75, 3.05) is 26.3 Å². The number of rotatable bonds is 7. The molecule has 0 saturated carbocycles. The summed E-state index contributed by atoms with van der Waals surface area (Å²) < 4.78 is 16.9. The molecule has 6 nitrogen and oxygen atoms in total. The fourth-order valence-corrected chi connectivity index (χ4v) is 4.48. The molecule has 6 heteroatoms.